The Balaban J connectivity index is 2.02. The molecular formula is C20H18F5NO5S2. The molecule has 0 aromatic heterocycles. The molecule has 13 heteroatoms. The lowest BCUT2D eigenvalue weighted by molar-refractivity contribution is -0.137. The van der Waals surface area contributed by atoms with Crippen LogP contribution in [0.1, 0.15) is 24.0 Å². The maximum atomic E-state index is 15.1. The van der Waals surface area contributed by atoms with Gasteiger partial charge in [0.15, 0.2) is 21.4 Å². The van der Waals surface area contributed by atoms with Crippen LogP contribution in [0.3, 0.4) is 0 Å². The van der Waals surface area contributed by atoms with Crippen molar-refractivity contribution in [2.24, 2.45) is 0 Å². The van der Waals surface area contributed by atoms with Gasteiger partial charge >= 0.3 is 6.18 Å². The van der Waals surface area contributed by atoms with Crippen LogP contribution in [0.2, 0.25) is 0 Å². The molecule has 2 aliphatic heterocycles. The average molecular weight is 511 g/mol. The van der Waals surface area contributed by atoms with Crippen molar-refractivity contribution < 1.29 is 43.5 Å². The van der Waals surface area contributed by atoms with E-state index in [0.29, 0.717) is 18.2 Å². The molecule has 0 unspecified atom stereocenters. The minimum absolute atomic E-state index is 0.0151. The Morgan fingerprint density at radius 1 is 1.00 bits per heavy atom. The molecule has 2 aromatic rings. The number of alkyl halides is 3. The minimum Gasteiger partial charge on any atom is -0.488 e. The van der Waals surface area contributed by atoms with Gasteiger partial charge in [-0.15, -0.1) is 0 Å². The number of rotatable bonds is 3. The van der Waals surface area contributed by atoms with Crippen molar-refractivity contribution in [3.05, 3.63) is 59.2 Å². The molecule has 180 valence electrons. The van der Waals surface area contributed by atoms with Gasteiger partial charge in [-0.3, -0.25) is 0 Å². The molecule has 0 amide bonds. The third-order valence-corrected chi connectivity index (χ3v) is 9.90. The second-order valence-electron chi connectivity index (χ2n) is 7.95. The molecule has 2 aliphatic rings. The highest BCUT2D eigenvalue weighted by molar-refractivity contribution is 7.92. The fraction of sp³-hybridized carbons (Fsp3) is 0.400. The molecule has 0 N–H and O–H groups in total. The SMILES string of the molecule is CS(=O)(=O)N1CCC[C@]2(S(=O)(=O)c3ccc(C(F)(F)F)cc3)c3c(F)ccc(F)c3OC[C@H]12. The first-order valence-electron chi connectivity index (χ1n) is 9.71. The van der Waals surface area contributed by atoms with Gasteiger partial charge < -0.3 is 4.74 Å². The summed E-state index contributed by atoms with van der Waals surface area (Å²) < 4.78 is 125. The van der Waals surface area contributed by atoms with Crippen LogP contribution >= 0.6 is 0 Å². The topological polar surface area (TPSA) is 80.8 Å². The first-order valence-corrected chi connectivity index (χ1v) is 13.0. The lowest BCUT2D eigenvalue weighted by Gasteiger charge is -2.50. The number of piperidine rings is 1. The summed E-state index contributed by atoms with van der Waals surface area (Å²) in [4.78, 5) is -0.577. The van der Waals surface area contributed by atoms with E-state index >= 15 is 4.39 Å². The number of nitrogens with zero attached hydrogens (tertiary/aromatic N) is 1. The highest BCUT2D eigenvalue weighted by Crippen LogP contribution is 2.54. The zero-order chi connectivity index (χ0) is 24.4. The van der Waals surface area contributed by atoms with Crippen LogP contribution in [0.25, 0.3) is 0 Å². The summed E-state index contributed by atoms with van der Waals surface area (Å²) >= 11 is 0. The fourth-order valence-electron chi connectivity index (χ4n) is 4.67. The van der Waals surface area contributed by atoms with Gasteiger partial charge in [-0.25, -0.2) is 25.6 Å². The molecule has 0 radical (unpaired) electrons. The zero-order valence-corrected chi connectivity index (χ0v) is 18.7. The molecule has 0 bridgehead atoms. The lowest BCUT2D eigenvalue weighted by Crippen LogP contribution is -2.64. The first kappa shape index (κ1) is 23.9. The number of sulfonamides is 1. The van der Waals surface area contributed by atoms with Gasteiger partial charge in [0.2, 0.25) is 10.0 Å². The third-order valence-electron chi connectivity index (χ3n) is 6.08. The fourth-order valence-corrected chi connectivity index (χ4v) is 8.24. The summed E-state index contributed by atoms with van der Waals surface area (Å²) in [6.07, 6.45) is -4.17. The monoisotopic (exact) mass is 511 g/mol. The predicted octanol–water partition coefficient (Wildman–Crippen LogP) is 3.47. The second-order valence-corrected chi connectivity index (χ2v) is 12.1. The van der Waals surface area contributed by atoms with Gasteiger partial charge in [-0.2, -0.15) is 17.5 Å². The number of sulfone groups is 1. The van der Waals surface area contributed by atoms with Crippen molar-refractivity contribution in [1.82, 2.24) is 4.31 Å². The van der Waals surface area contributed by atoms with E-state index in [1.807, 2.05) is 0 Å². The number of hydrogen-bond acceptors (Lipinski definition) is 5. The summed E-state index contributed by atoms with van der Waals surface area (Å²) in [5.41, 5.74) is -1.76. The van der Waals surface area contributed by atoms with Gasteiger partial charge in [0, 0.05) is 6.54 Å². The molecule has 2 heterocycles. The van der Waals surface area contributed by atoms with Crippen molar-refractivity contribution >= 4 is 19.9 Å². The average Bonchev–Trinajstić information content (AvgIpc) is 2.74. The lowest BCUT2D eigenvalue weighted by atomic mass is 9.81. The molecular weight excluding hydrogens is 493 g/mol. The molecule has 33 heavy (non-hydrogen) atoms. The number of fused-ring (bicyclic) bond motifs is 3. The number of halogens is 5. The van der Waals surface area contributed by atoms with Crippen molar-refractivity contribution in [2.45, 2.75) is 34.7 Å². The maximum absolute atomic E-state index is 15.1. The van der Waals surface area contributed by atoms with Crippen molar-refractivity contribution in [3.8, 4) is 5.75 Å². The van der Waals surface area contributed by atoms with Crippen LogP contribution in [-0.2, 0) is 30.8 Å². The highest BCUT2D eigenvalue weighted by Gasteiger charge is 2.62. The van der Waals surface area contributed by atoms with E-state index in [1.54, 1.807) is 0 Å². The summed E-state index contributed by atoms with van der Waals surface area (Å²) in [7, 11) is -8.76. The van der Waals surface area contributed by atoms with Gasteiger partial charge in [0.25, 0.3) is 0 Å². The van der Waals surface area contributed by atoms with Crippen molar-refractivity contribution in [1.29, 1.82) is 0 Å². The van der Waals surface area contributed by atoms with Crippen LogP contribution < -0.4 is 4.74 Å². The minimum atomic E-state index is -4.75. The quantitative estimate of drug-likeness (QED) is 0.590. The number of benzene rings is 2. The molecule has 1 fully saturated rings. The van der Waals surface area contributed by atoms with E-state index in [9.17, 15) is 34.4 Å². The van der Waals surface area contributed by atoms with Gasteiger partial charge in [0.1, 0.15) is 17.2 Å². The third kappa shape index (κ3) is 3.60. The Morgan fingerprint density at radius 2 is 1.61 bits per heavy atom. The molecule has 1 saturated heterocycles. The Bertz CT molecular complexity index is 1310. The van der Waals surface area contributed by atoms with E-state index in [0.717, 1.165) is 28.8 Å². The summed E-state index contributed by atoms with van der Waals surface area (Å²) in [6, 6.07) is 2.60. The standard InChI is InChI=1S/C20H18F5NO5S2/c1-32(27,28)26-10-2-9-19(16(26)11-31-18-15(22)8-7-14(21)17(18)19)33(29,30)13-5-3-12(4-6-13)20(23,24)25/h3-8,16H,2,9-11H2,1H3/t16-,19+/m0/s1. The smallest absolute Gasteiger partial charge is 0.416 e. The van der Waals surface area contributed by atoms with Crippen LogP contribution in [0, 0.1) is 11.6 Å². The highest BCUT2D eigenvalue weighted by atomic mass is 32.2. The van der Waals surface area contributed by atoms with Crippen LogP contribution in [0.5, 0.6) is 5.75 Å². The first-order chi connectivity index (χ1) is 15.2. The molecule has 0 saturated carbocycles. The van der Waals surface area contributed by atoms with E-state index in [-0.39, 0.29) is 19.4 Å². The predicted molar refractivity (Wildman–Crippen MR) is 107 cm³/mol. The Kier molecular flexibility index (Phi) is 5.53. The molecule has 0 spiro atoms. The Labute approximate surface area is 186 Å². The summed E-state index contributed by atoms with van der Waals surface area (Å²) in [6.45, 7) is -0.663. The number of hydrogen-bond donors (Lipinski definition) is 0. The van der Waals surface area contributed by atoms with Crippen molar-refractivity contribution in [2.75, 3.05) is 19.4 Å². The summed E-state index contributed by atoms with van der Waals surface area (Å²) in [5.74, 6) is -2.82. The van der Waals surface area contributed by atoms with Gasteiger partial charge in [0.05, 0.1) is 28.3 Å². The van der Waals surface area contributed by atoms with Gasteiger partial charge in [-0.05, 0) is 49.2 Å². The van der Waals surface area contributed by atoms with Crippen molar-refractivity contribution in [3.63, 3.8) is 0 Å². The van der Waals surface area contributed by atoms with E-state index in [1.165, 1.54) is 0 Å². The summed E-state index contributed by atoms with van der Waals surface area (Å²) in [5, 5.41) is 0. The van der Waals surface area contributed by atoms with E-state index in [2.05, 4.69) is 0 Å². The van der Waals surface area contributed by atoms with Crippen LogP contribution in [0.4, 0.5) is 22.0 Å². The molecule has 4 rings (SSSR count). The second kappa shape index (κ2) is 7.64. The number of ether oxygens (including phenoxy) is 1. The molecule has 2 aromatic carbocycles. The Morgan fingerprint density at radius 3 is 2.18 bits per heavy atom. The van der Waals surface area contributed by atoms with Gasteiger partial charge in [-0.1, -0.05) is 0 Å². The molecule has 0 aliphatic carbocycles. The van der Waals surface area contributed by atoms with E-state index < -0.39 is 76.8 Å². The normalized spacial score (nSPS) is 24.0. The maximum Gasteiger partial charge on any atom is 0.416 e. The Hall–Kier alpha value is -2.25. The zero-order valence-electron chi connectivity index (χ0n) is 17.1. The van der Waals surface area contributed by atoms with E-state index in [4.69, 9.17) is 4.74 Å². The molecule has 6 nitrogen and oxygen atoms in total. The van der Waals surface area contributed by atoms with Crippen LogP contribution in [0.15, 0.2) is 41.3 Å². The largest absolute Gasteiger partial charge is 0.488 e. The van der Waals surface area contributed by atoms with Crippen LogP contribution in [-0.4, -0.2) is 46.6 Å². The molecule has 2 atom stereocenters.